The Hall–Kier alpha value is -2.21. The number of nitrogens with zero attached hydrogens (tertiary/aromatic N) is 4. The highest BCUT2D eigenvalue weighted by Crippen LogP contribution is 2.30. The van der Waals surface area contributed by atoms with Crippen LogP contribution in [0.4, 0.5) is 4.39 Å². The van der Waals surface area contributed by atoms with Gasteiger partial charge in [0.05, 0.1) is 11.8 Å². The third-order valence-corrected chi connectivity index (χ3v) is 5.51. The second-order valence-corrected chi connectivity index (χ2v) is 7.02. The molecule has 1 amide bonds. The van der Waals surface area contributed by atoms with E-state index in [0.717, 1.165) is 32.4 Å². The average Bonchev–Trinajstić information content (AvgIpc) is 3.34. The van der Waals surface area contributed by atoms with Gasteiger partial charge in [0.1, 0.15) is 11.5 Å². The number of rotatable bonds is 3. The van der Waals surface area contributed by atoms with Crippen LogP contribution < -0.4 is 0 Å². The molecule has 2 aliphatic rings. The highest BCUT2D eigenvalue weighted by molar-refractivity contribution is 5.94. The van der Waals surface area contributed by atoms with Crippen molar-refractivity contribution < 1.29 is 9.18 Å². The zero-order valence-corrected chi connectivity index (χ0v) is 14.4. The van der Waals surface area contributed by atoms with Gasteiger partial charge in [-0.3, -0.25) is 4.79 Å². The Labute approximate surface area is 147 Å². The molecule has 2 fully saturated rings. The highest BCUT2D eigenvalue weighted by atomic mass is 19.1. The van der Waals surface area contributed by atoms with E-state index in [1.54, 1.807) is 30.6 Å². The Balaban J connectivity index is 1.56. The number of amides is 1. The van der Waals surface area contributed by atoms with Crippen molar-refractivity contribution in [2.75, 3.05) is 20.1 Å². The maximum absolute atomic E-state index is 13.9. The Morgan fingerprint density at radius 1 is 1.16 bits per heavy atom. The number of aromatic nitrogens is 2. The van der Waals surface area contributed by atoms with Crippen LogP contribution in [0.1, 0.15) is 36.0 Å². The summed E-state index contributed by atoms with van der Waals surface area (Å²) in [7, 11) is 2.15. The summed E-state index contributed by atoms with van der Waals surface area (Å²) in [6, 6.07) is 7.17. The maximum atomic E-state index is 13.9. The molecule has 0 radical (unpaired) electrons. The van der Waals surface area contributed by atoms with E-state index in [2.05, 4.69) is 17.0 Å². The fourth-order valence-electron chi connectivity index (χ4n) is 4.24. The molecule has 0 bridgehead atoms. The molecule has 6 heteroatoms. The number of hydrogen-bond acceptors (Lipinski definition) is 3. The fraction of sp³-hybridized carbons (Fsp3) is 0.474. The van der Waals surface area contributed by atoms with E-state index in [1.807, 2.05) is 4.90 Å². The highest BCUT2D eigenvalue weighted by Gasteiger charge is 2.38. The Morgan fingerprint density at radius 3 is 2.68 bits per heavy atom. The molecule has 2 aliphatic heterocycles. The van der Waals surface area contributed by atoms with E-state index in [0.29, 0.717) is 17.3 Å². The quantitative estimate of drug-likeness (QED) is 0.861. The Bertz CT molecular complexity index is 774. The van der Waals surface area contributed by atoms with Gasteiger partial charge in [0, 0.05) is 24.8 Å². The first-order valence-electron chi connectivity index (χ1n) is 8.96. The van der Waals surface area contributed by atoms with Crippen LogP contribution in [0, 0.1) is 5.82 Å². The third kappa shape index (κ3) is 2.95. The van der Waals surface area contributed by atoms with Gasteiger partial charge in [0.15, 0.2) is 0 Å². The topological polar surface area (TPSA) is 41.4 Å². The van der Waals surface area contributed by atoms with E-state index in [4.69, 9.17) is 0 Å². The number of para-hydroxylation sites is 1. The van der Waals surface area contributed by atoms with Gasteiger partial charge in [0.2, 0.25) is 0 Å². The van der Waals surface area contributed by atoms with E-state index >= 15 is 0 Å². The van der Waals surface area contributed by atoms with Gasteiger partial charge in [-0.15, -0.1) is 0 Å². The zero-order chi connectivity index (χ0) is 17.4. The number of likely N-dealkylation sites (tertiary alicyclic amines) is 2. The van der Waals surface area contributed by atoms with E-state index < -0.39 is 0 Å². The van der Waals surface area contributed by atoms with Crippen molar-refractivity contribution in [1.29, 1.82) is 0 Å². The van der Waals surface area contributed by atoms with E-state index in [1.165, 1.54) is 17.2 Å². The second kappa shape index (κ2) is 6.59. The molecule has 1 aromatic heterocycles. The first-order valence-corrected chi connectivity index (χ1v) is 8.96. The number of carbonyl (C=O) groups excluding carboxylic acids is 1. The molecule has 2 aromatic rings. The second-order valence-electron chi connectivity index (χ2n) is 7.02. The molecular weight excluding hydrogens is 319 g/mol. The van der Waals surface area contributed by atoms with Crippen LogP contribution >= 0.6 is 0 Å². The molecule has 3 heterocycles. The van der Waals surface area contributed by atoms with Crippen LogP contribution in [0.3, 0.4) is 0 Å². The summed E-state index contributed by atoms with van der Waals surface area (Å²) in [6.07, 6.45) is 7.63. The van der Waals surface area contributed by atoms with Gasteiger partial charge in [-0.2, -0.15) is 5.10 Å². The Morgan fingerprint density at radius 2 is 1.92 bits per heavy atom. The van der Waals surface area contributed by atoms with Gasteiger partial charge in [0.25, 0.3) is 5.91 Å². The van der Waals surface area contributed by atoms with Crippen molar-refractivity contribution in [3.8, 4) is 5.69 Å². The normalized spacial score (nSPS) is 24.2. The molecule has 2 atom stereocenters. The predicted molar refractivity (Wildman–Crippen MR) is 93.2 cm³/mol. The summed E-state index contributed by atoms with van der Waals surface area (Å²) in [5.41, 5.74) is 0.880. The summed E-state index contributed by atoms with van der Waals surface area (Å²) >= 11 is 0. The van der Waals surface area contributed by atoms with Crippen LogP contribution in [0.25, 0.3) is 5.69 Å². The minimum absolute atomic E-state index is 0.00499. The van der Waals surface area contributed by atoms with Gasteiger partial charge in [-0.25, -0.2) is 9.07 Å². The average molecular weight is 342 g/mol. The number of carbonyl (C=O) groups is 1. The molecule has 1 aromatic carbocycles. The zero-order valence-electron chi connectivity index (χ0n) is 14.4. The SMILES string of the molecule is CN1CCC[C@@H]1[C@H]1CCCN1C(=O)c1cnn(-c2ccccc2F)c1. The monoisotopic (exact) mass is 342 g/mol. The van der Waals surface area contributed by atoms with Crippen LogP contribution in [-0.4, -0.2) is 57.7 Å². The van der Waals surface area contributed by atoms with E-state index in [9.17, 15) is 9.18 Å². The van der Waals surface area contributed by atoms with Crippen molar-refractivity contribution in [2.45, 2.75) is 37.8 Å². The summed E-state index contributed by atoms with van der Waals surface area (Å²) in [5, 5.41) is 4.20. The molecule has 4 rings (SSSR count). The smallest absolute Gasteiger partial charge is 0.257 e. The number of hydrogen-bond donors (Lipinski definition) is 0. The first-order chi connectivity index (χ1) is 12.1. The van der Waals surface area contributed by atoms with Crippen molar-refractivity contribution in [3.05, 3.63) is 48.0 Å². The lowest BCUT2D eigenvalue weighted by atomic mass is 10.0. The fourth-order valence-corrected chi connectivity index (χ4v) is 4.24. The van der Waals surface area contributed by atoms with Gasteiger partial charge >= 0.3 is 0 Å². The summed E-state index contributed by atoms with van der Waals surface area (Å²) in [5.74, 6) is -0.346. The molecular formula is C19H23FN4O. The molecule has 0 unspecified atom stereocenters. The molecule has 0 spiro atoms. The minimum atomic E-state index is -0.351. The number of likely N-dealkylation sites (N-methyl/N-ethyl adjacent to an activating group) is 1. The lowest BCUT2D eigenvalue weighted by molar-refractivity contribution is 0.0664. The van der Waals surface area contributed by atoms with Crippen LogP contribution in [0.5, 0.6) is 0 Å². The standard InChI is InChI=1S/C19H23FN4O/c1-22-10-4-8-17(22)18-9-5-11-23(18)19(25)14-12-21-24(13-14)16-7-3-2-6-15(16)20/h2-3,6-7,12-13,17-18H,4-5,8-11H2,1H3/t17-,18-/m1/s1. The van der Waals surface area contributed by atoms with Gasteiger partial charge < -0.3 is 9.80 Å². The first kappa shape index (κ1) is 16.3. The van der Waals surface area contributed by atoms with E-state index in [-0.39, 0.29) is 17.8 Å². The number of benzene rings is 1. The molecule has 0 N–H and O–H groups in total. The largest absolute Gasteiger partial charge is 0.334 e. The van der Waals surface area contributed by atoms with Crippen LogP contribution in [0.2, 0.25) is 0 Å². The van der Waals surface area contributed by atoms with Crippen molar-refractivity contribution in [3.63, 3.8) is 0 Å². The van der Waals surface area contributed by atoms with Crippen molar-refractivity contribution >= 4 is 5.91 Å². The summed E-state index contributed by atoms with van der Waals surface area (Å²) < 4.78 is 15.4. The molecule has 5 nitrogen and oxygen atoms in total. The van der Waals surface area contributed by atoms with Crippen molar-refractivity contribution in [2.24, 2.45) is 0 Å². The van der Waals surface area contributed by atoms with Crippen molar-refractivity contribution in [1.82, 2.24) is 19.6 Å². The number of halogens is 1. The molecule has 0 saturated carbocycles. The predicted octanol–water partition coefficient (Wildman–Crippen LogP) is 2.71. The van der Waals surface area contributed by atoms with Gasteiger partial charge in [-0.1, -0.05) is 12.1 Å². The van der Waals surface area contributed by atoms with Crippen LogP contribution in [0.15, 0.2) is 36.7 Å². The molecule has 25 heavy (non-hydrogen) atoms. The van der Waals surface area contributed by atoms with Gasteiger partial charge in [-0.05, 0) is 51.4 Å². The maximum Gasteiger partial charge on any atom is 0.257 e. The molecule has 0 aliphatic carbocycles. The minimum Gasteiger partial charge on any atom is -0.334 e. The summed E-state index contributed by atoms with van der Waals surface area (Å²) in [6.45, 7) is 1.90. The lowest BCUT2D eigenvalue weighted by Gasteiger charge is -2.33. The summed E-state index contributed by atoms with van der Waals surface area (Å²) in [4.78, 5) is 17.4. The third-order valence-electron chi connectivity index (χ3n) is 5.51. The Kier molecular flexibility index (Phi) is 4.29. The molecule has 2 saturated heterocycles. The molecule has 132 valence electrons. The lowest BCUT2D eigenvalue weighted by Crippen LogP contribution is -2.47. The van der Waals surface area contributed by atoms with Crippen LogP contribution in [-0.2, 0) is 0 Å².